The molecule has 0 spiro atoms. The number of nitrogens with zero attached hydrogens (tertiary/aromatic N) is 1. The van der Waals surface area contributed by atoms with E-state index in [-0.39, 0.29) is 11.7 Å². The van der Waals surface area contributed by atoms with Gasteiger partial charge in [0.05, 0.1) is 18.4 Å². The van der Waals surface area contributed by atoms with Crippen molar-refractivity contribution in [1.29, 1.82) is 0 Å². The average molecular weight is 365 g/mol. The van der Waals surface area contributed by atoms with Crippen LogP contribution in [0, 0.1) is 5.82 Å². The van der Waals surface area contributed by atoms with Gasteiger partial charge >= 0.3 is 0 Å². The summed E-state index contributed by atoms with van der Waals surface area (Å²) in [4.78, 5) is 16.4. The van der Waals surface area contributed by atoms with Crippen molar-refractivity contribution in [1.82, 2.24) is 4.98 Å². The summed E-state index contributed by atoms with van der Waals surface area (Å²) in [5, 5.41) is 5.98. The van der Waals surface area contributed by atoms with E-state index >= 15 is 0 Å². The topological polar surface area (TPSA) is 63.2 Å². The van der Waals surface area contributed by atoms with Gasteiger partial charge in [-0.15, -0.1) is 0 Å². The van der Waals surface area contributed by atoms with Crippen LogP contribution in [0.25, 0.3) is 0 Å². The molecule has 0 aliphatic heterocycles. The fraction of sp³-hybridized carbons (Fsp3) is 0.143. The van der Waals surface area contributed by atoms with Gasteiger partial charge < -0.3 is 15.4 Å². The number of amides is 1. The molecule has 3 rings (SSSR count). The number of anilines is 2. The van der Waals surface area contributed by atoms with Crippen LogP contribution in [0.4, 0.5) is 15.8 Å². The van der Waals surface area contributed by atoms with Gasteiger partial charge in [0.1, 0.15) is 11.6 Å². The van der Waals surface area contributed by atoms with Crippen LogP contribution in [0.2, 0.25) is 0 Å². The lowest BCUT2D eigenvalue weighted by molar-refractivity contribution is 0.102. The Labute approximate surface area is 157 Å². The van der Waals surface area contributed by atoms with Crippen molar-refractivity contribution in [2.75, 3.05) is 24.3 Å². The highest BCUT2D eigenvalue weighted by atomic mass is 19.1. The quantitative estimate of drug-likeness (QED) is 0.661. The Morgan fingerprint density at radius 1 is 1.07 bits per heavy atom. The van der Waals surface area contributed by atoms with Crippen LogP contribution in [0.5, 0.6) is 5.75 Å². The minimum absolute atomic E-state index is 0.300. The maximum atomic E-state index is 12.9. The van der Waals surface area contributed by atoms with E-state index in [9.17, 15) is 9.18 Å². The molecule has 0 saturated heterocycles. The van der Waals surface area contributed by atoms with Gasteiger partial charge in [-0.1, -0.05) is 12.1 Å². The van der Waals surface area contributed by atoms with Gasteiger partial charge in [0.2, 0.25) is 0 Å². The Morgan fingerprint density at radius 3 is 2.67 bits per heavy atom. The van der Waals surface area contributed by atoms with Crippen LogP contribution < -0.4 is 15.4 Å². The highest BCUT2D eigenvalue weighted by molar-refractivity contribution is 6.04. The molecule has 0 unspecified atom stereocenters. The maximum Gasteiger partial charge on any atom is 0.257 e. The van der Waals surface area contributed by atoms with Crippen LogP contribution in [0.3, 0.4) is 0 Å². The first-order chi connectivity index (χ1) is 13.1. The molecule has 6 heteroatoms. The largest absolute Gasteiger partial charge is 0.497 e. The molecular weight excluding hydrogens is 345 g/mol. The Morgan fingerprint density at radius 2 is 1.89 bits per heavy atom. The average Bonchev–Trinajstić information content (AvgIpc) is 2.70. The van der Waals surface area contributed by atoms with E-state index in [1.165, 1.54) is 30.5 Å². The number of hydrogen-bond acceptors (Lipinski definition) is 4. The van der Waals surface area contributed by atoms with Crippen LogP contribution in [-0.4, -0.2) is 24.5 Å². The van der Waals surface area contributed by atoms with Gasteiger partial charge in [-0.2, -0.15) is 0 Å². The molecule has 0 fully saturated rings. The minimum atomic E-state index is -0.350. The fourth-order valence-electron chi connectivity index (χ4n) is 2.58. The van der Waals surface area contributed by atoms with Crippen molar-refractivity contribution in [3.63, 3.8) is 0 Å². The molecule has 2 N–H and O–H groups in total. The summed E-state index contributed by atoms with van der Waals surface area (Å²) in [5.41, 5.74) is 2.85. The SMILES string of the molecule is COc1cccc(CCNc2cncc(C(=O)Nc3ccc(F)cc3)c2)c1. The lowest BCUT2D eigenvalue weighted by Crippen LogP contribution is -2.13. The first kappa shape index (κ1) is 18.4. The number of hydrogen-bond donors (Lipinski definition) is 2. The third-order valence-corrected chi connectivity index (χ3v) is 3.98. The second-order valence-electron chi connectivity index (χ2n) is 5.95. The molecule has 0 bridgehead atoms. The first-order valence-electron chi connectivity index (χ1n) is 8.53. The van der Waals surface area contributed by atoms with E-state index in [1.807, 2.05) is 24.3 Å². The zero-order valence-corrected chi connectivity index (χ0v) is 14.9. The van der Waals surface area contributed by atoms with Gasteiger partial charge in [-0.25, -0.2) is 4.39 Å². The number of carbonyl (C=O) groups excluding carboxylic acids is 1. The monoisotopic (exact) mass is 365 g/mol. The second-order valence-corrected chi connectivity index (χ2v) is 5.95. The molecule has 0 aliphatic carbocycles. The van der Waals surface area contributed by atoms with E-state index in [2.05, 4.69) is 15.6 Å². The van der Waals surface area contributed by atoms with Crippen molar-refractivity contribution >= 4 is 17.3 Å². The molecule has 1 heterocycles. The van der Waals surface area contributed by atoms with E-state index in [0.29, 0.717) is 17.8 Å². The van der Waals surface area contributed by atoms with Crippen molar-refractivity contribution in [2.45, 2.75) is 6.42 Å². The number of methoxy groups -OCH3 is 1. The minimum Gasteiger partial charge on any atom is -0.497 e. The lowest BCUT2D eigenvalue weighted by atomic mass is 10.1. The molecule has 2 aromatic carbocycles. The zero-order valence-electron chi connectivity index (χ0n) is 14.9. The number of ether oxygens (including phenoxy) is 1. The maximum absolute atomic E-state index is 12.9. The molecule has 0 aliphatic rings. The Hall–Kier alpha value is -3.41. The van der Waals surface area contributed by atoms with Gasteiger partial charge in [0.15, 0.2) is 0 Å². The molecule has 5 nitrogen and oxygen atoms in total. The van der Waals surface area contributed by atoms with Crippen LogP contribution in [0.15, 0.2) is 67.0 Å². The summed E-state index contributed by atoms with van der Waals surface area (Å²) in [6.07, 6.45) is 3.97. The number of halogens is 1. The normalized spacial score (nSPS) is 10.3. The molecular formula is C21H20FN3O2. The number of aromatic nitrogens is 1. The molecule has 27 heavy (non-hydrogen) atoms. The van der Waals surface area contributed by atoms with Crippen LogP contribution in [0.1, 0.15) is 15.9 Å². The number of pyridine rings is 1. The predicted octanol–water partition coefficient (Wildman–Crippen LogP) is 4.14. The van der Waals surface area contributed by atoms with E-state index in [0.717, 1.165) is 23.4 Å². The molecule has 0 saturated carbocycles. The summed E-state index contributed by atoms with van der Waals surface area (Å²) >= 11 is 0. The third kappa shape index (κ3) is 5.28. The van der Waals surface area contributed by atoms with E-state index in [1.54, 1.807) is 19.4 Å². The second kappa shape index (κ2) is 8.80. The van der Waals surface area contributed by atoms with Gasteiger partial charge in [-0.05, 0) is 54.4 Å². The number of carbonyl (C=O) groups is 1. The predicted molar refractivity (Wildman–Crippen MR) is 104 cm³/mol. The third-order valence-electron chi connectivity index (χ3n) is 3.98. The highest BCUT2D eigenvalue weighted by Gasteiger charge is 2.08. The standard InChI is InChI=1S/C21H20FN3O2/c1-27-20-4-2-3-15(11-20)9-10-24-19-12-16(13-23-14-19)21(26)25-18-7-5-17(22)6-8-18/h2-8,11-14,24H,9-10H2,1H3,(H,25,26). The van der Waals surface area contributed by atoms with Gasteiger partial charge in [-0.3, -0.25) is 9.78 Å². The van der Waals surface area contributed by atoms with E-state index < -0.39 is 0 Å². The fourth-order valence-corrected chi connectivity index (χ4v) is 2.58. The molecule has 138 valence electrons. The summed E-state index contributed by atoms with van der Waals surface area (Å²) in [6.45, 7) is 0.692. The summed E-state index contributed by atoms with van der Waals surface area (Å²) < 4.78 is 18.2. The molecule has 3 aromatic rings. The highest BCUT2D eigenvalue weighted by Crippen LogP contribution is 2.15. The van der Waals surface area contributed by atoms with Crippen LogP contribution in [-0.2, 0) is 6.42 Å². The van der Waals surface area contributed by atoms with Crippen molar-refractivity contribution in [3.8, 4) is 5.75 Å². The van der Waals surface area contributed by atoms with E-state index in [4.69, 9.17) is 4.74 Å². The lowest BCUT2D eigenvalue weighted by Gasteiger charge is -2.09. The van der Waals surface area contributed by atoms with Gasteiger partial charge in [0, 0.05) is 24.6 Å². The number of rotatable bonds is 7. The van der Waals surface area contributed by atoms with Crippen molar-refractivity contribution in [2.24, 2.45) is 0 Å². The Bertz CT molecular complexity index is 913. The van der Waals surface area contributed by atoms with Gasteiger partial charge in [0.25, 0.3) is 5.91 Å². The van der Waals surface area contributed by atoms with Crippen molar-refractivity contribution in [3.05, 3.63) is 83.9 Å². The smallest absolute Gasteiger partial charge is 0.257 e. The summed E-state index contributed by atoms with van der Waals surface area (Å²) in [7, 11) is 1.64. The summed E-state index contributed by atoms with van der Waals surface area (Å²) in [5.74, 6) is 0.177. The molecule has 0 radical (unpaired) electrons. The number of benzene rings is 2. The zero-order chi connectivity index (χ0) is 19.1. The van der Waals surface area contributed by atoms with Crippen molar-refractivity contribution < 1.29 is 13.9 Å². The molecule has 0 atom stereocenters. The number of nitrogens with one attached hydrogen (secondary N) is 2. The molecule has 1 amide bonds. The Kier molecular flexibility index (Phi) is 5.99. The Balaban J connectivity index is 1.57. The van der Waals surface area contributed by atoms with Crippen LogP contribution >= 0.6 is 0 Å². The first-order valence-corrected chi connectivity index (χ1v) is 8.53. The molecule has 1 aromatic heterocycles. The summed E-state index contributed by atoms with van der Waals surface area (Å²) in [6, 6.07) is 15.2.